The van der Waals surface area contributed by atoms with Crippen LogP contribution in [0, 0.1) is 5.92 Å². The van der Waals surface area contributed by atoms with E-state index in [2.05, 4.69) is 6.07 Å². The molecule has 2 rings (SSSR count). The maximum atomic E-state index is 9.37. The van der Waals surface area contributed by atoms with Crippen LogP contribution in [0.1, 0.15) is 56.9 Å². The van der Waals surface area contributed by atoms with Gasteiger partial charge in [0, 0.05) is 0 Å². The standard InChI is InChI=1S/C16H24O/c17-16-12-6-11-15(13-16)10-5-4-9-14-7-2-1-3-8-14/h6,11-14,17H,1-5,7-10H2. The average molecular weight is 232 g/mol. The van der Waals surface area contributed by atoms with Gasteiger partial charge in [0.1, 0.15) is 5.75 Å². The van der Waals surface area contributed by atoms with Crippen molar-refractivity contribution in [2.45, 2.75) is 57.8 Å². The zero-order chi connectivity index (χ0) is 11.9. The molecule has 1 aliphatic rings. The normalized spacial score (nSPS) is 17.2. The van der Waals surface area contributed by atoms with E-state index in [-0.39, 0.29) is 0 Å². The fraction of sp³-hybridized carbons (Fsp3) is 0.625. The van der Waals surface area contributed by atoms with Crippen LogP contribution in [0.4, 0.5) is 0 Å². The molecule has 0 aliphatic heterocycles. The molecule has 0 aromatic heterocycles. The van der Waals surface area contributed by atoms with E-state index in [4.69, 9.17) is 0 Å². The molecular formula is C16H24O. The predicted octanol–water partition coefficient (Wildman–Crippen LogP) is 4.69. The molecule has 0 bridgehead atoms. The quantitative estimate of drug-likeness (QED) is 0.730. The second kappa shape index (κ2) is 6.68. The van der Waals surface area contributed by atoms with Gasteiger partial charge in [-0.1, -0.05) is 57.1 Å². The SMILES string of the molecule is Oc1cccc(CCCCC2CCCCC2)c1. The Morgan fingerprint density at radius 2 is 1.88 bits per heavy atom. The molecule has 0 atom stereocenters. The number of hydrogen-bond acceptors (Lipinski definition) is 1. The summed E-state index contributed by atoms with van der Waals surface area (Å²) in [4.78, 5) is 0. The van der Waals surface area contributed by atoms with Gasteiger partial charge in [0.25, 0.3) is 0 Å². The van der Waals surface area contributed by atoms with Crippen LogP contribution in [0.2, 0.25) is 0 Å². The van der Waals surface area contributed by atoms with Crippen molar-refractivity contribution in [2.24, 2.45) is 5.92 Å². The van der Waals surface area contributed by atoms with Gasteiger partial charge in [-0.15, -0.1) is 0 Å². The highest BCUT2D eigenvalue weighted by atomic mass is 16.3. The maximum absolute atomic E-state index is 9.37. The number of aromatic hydroxyl groups is 1. The molecule has 0 unspecified atom stereocenters. The molecule has 17 heavy (non-hydrogen) atoms. The fourth-order valence-corrected chi connectivity index (χ4v) is 2.95. The molecule has 1 heteroatoms. The van der Waals surface area contributed by atoms with Crippen LogP contribution in [0.25, 0.3) is 0 Å². The summed E-state index contributed by atoms with van der Waals surface area (Å²) >= 11 is 0. The maximum Gasteiger partial charge on any atom is 0.115 e. The lowest BCUT2D eigenvalue weighted by molar-refractivity contribution is 0.330. The molecule has 0 saturated heterocycles. The number of unbranched alkanes of at least 4 members (excludes halogenated alkanes) is 1. The zero-order valence-corrected chi connectivity index (χ0v) is 10.7. The van der Waals surface area contributed by atoms with Crippen LogP contribution in [-0.4, -0.2) is 5.11 Å². The van der Waals surface area contributed by atoms with E-state index in [9.17, 15) is 5.11 Å². The Hall–Kier alpha value is -0.980. The average Bonchev–Trinajstić information content (AvgIpc) is 2.36. The van der Waals surface area contributed by atoms with Crippen molar-refractivity contribution in [3.8, 4) is 5.75 Å². The Kier molecular flexibility index (Phi) is 4.90. The topological polar surface area (TPSA) is 20.2 Å². The Morgan fingerprint density at radius 1 is 1.06 bits per heavy atom. The summed E-state index contributed by atoms with van der Waals surface area (Å²) in [5.74, 6) is 1.41. The first kappa shape index (κ1) is 12.5. The summed E-state index contributed by atoms with van der Waals surface area (Å²) < 4.78 is 0. The molecule has 94 valence electrons. The third-order valence-electron chi connectivity index (χ3n) is 3.96. The summed E-state index contributed by atoms with van der Waals surface area (Å²) in [7, 11) is 0. The van der Waals surface area contributed by atoms with Crippen LogP contribution in [0.15, 0.2) is 24.3 Å². The zero-order valence-electron chi connectivity index (χ0n) is 10.7. The highest BCUT2D eigenvalue weighted by Gasteiger charge is 2.12. The molecule has 0 radical (unpaired) electrons. The van der Waals surface area contributed by atoms with Gasteiger partial charge < -0.3 is 5.11 Å². The first-order chi connectivity index (χ1) is 8.34. The number of phenolic OH excluding ortho intramolecular Hbond substituents is 1. The van der Waals surface area contributed by atoms with Gasteiger partial charge in [0.15, 0.2) is 0 Å². The highest BCUT2D eigenvalue weighted by molar-refractivity contribution is 5.27. The van der Waals surface area contributed by atoms with Crippen molar-refractivity contribution in [3.05, 3.63) is 29.8 Å². The van der Waals surface area contributed by atoms with Gasteiger partial charge in [0.2, 0.25) is 0 Å². The van der Waals surface area contributed by atoms with Crippen molar-refractivity contribution >= 4 is 0 Å². The second-order valence-corrected chi connectivity index (χ2v) is 5.42. The third kappa shape index (κ3) is 4.41. The van der Waals surface area contributed by atoms with Crippen molar-refractivity contribution in [3.63, 3.8) is 0 Å². The lowest BCUT2D eigenvalue weighted by atomic mass is 9.85. The van der Waals surface area contributed by atoms with Crippen LogP contribution in [-0.2, 0) is 6.42 Å². The van der Waals surface area contributed by atoms with E-state index >= 15 is 0 Å². The summed E-state index contributed by atoms with van der Waals surface area (Å²) in [6.45, 7) is 0. The van der Waals surface area contributed by atoms with Crippen LogP contribution in [0.5, 0.6) is 5.75 Å². The smallest absolute Gasteiger partial charge is 0.115 e. The van der Waals surface area contributed by atoms with Crippen LogP contribution in [0.3, 0.4) is 0 Å². The predicted molar refractivity (Wildman–Crippen MR) is 72.2 cm³/mol. The Morgan fingerprint density at radius 3 is 2.65 bits per heavy atom. The monoisotopic (exact) mass is 232 g/mol. The largest absolute Gasteiger partial charge is 0.508 e. The Bertz CT molecular complexity index is 326. The molecule has 1 aliphatic carbocycles. The highest BCUT2D eigenvalue weighted by Crippen LogP contribution is 2.28. The van der Waals surface area contributed by atoms with E-state index < -0.39 is 0 Å². The first-order valence-corrected chi connectivity index (χ1v) is 7.12. The van der Waals surface area contributed by atoms with Crippen molar-refractivity contribution in [1.82, 2.24) is 0 Å². The first-order valence-electron chi connectivity index (χ1n) is 7.12. The summed E-state index contributed by atoms with van der Waals surface area (Å²) in [6.07, 6.45) is 12.4. The van der Waals surface area contributed by atoms with E-state index in [0.29, 0.717) is 5.75 Å². The lowest BCUT2D eigenvalue weighted by Crippen LogP contribution is -2.05. The van der Waals surface area contributed by atoms with Gasteiger partial charge >= 0.3 is 0 Å². The summed E-state index contributed by atoms with van der Waals surface area (Å²) in [5.41, 5.74) is 1.27. The molecule has 1 N–H and O–H groups in total. The molecule has 0 spiro atoms. The number of aryl methyl sites for hydroxylation is 1. The molecule has 0 amide bonds. The number of rotatable bonds is 5. The van der Waals surface area contributed by atoms with Crippen molar-refractivity contribution in [2.75, 3.05) is 0 Å². The van der Waals surface area contributed by atoms with Crippen molar-refractivity contribution in [1.29, 1.82) is 0 Å². The molecule has 1 aromatic rings. The van der Waals surface area contributed by atoms with Crippen LogP contribution < -0.4 is 0 Å². The van der Waals surface area contributed by atoms with Gasteiger partial charge in [-0.05, 0) is 36.5 Å². The van der Waals surface area contributed by atoms with E-state index in [1.54, 1.807) is 6.07 Å². The summed E-state index contributed by atoms with van der Waals surface area (Å²) in [5, 5.41) is 9.37. The number of hydrogen-bond donors (Lipinski definition) is 1. The minimum Gasteiger partial charge on any atom is -0.508 e. The third-order valence-corrected chi connectivity index (χ3v) is 3.96. The van der Waals surface area contributed by atoms with Crippen molar-refractivity contribution < 1.29 is 5.11 Å². The second-order valence-electron chi connectivity index (χ2n) is 5.42. The van der Waals surface area contributed by atoms with E-state index in [1.807, 2.05) is 12.1 Å². The molecule has 1 aromatic carbocycles. The number of phenols is 1. The molecular weight excluding hydrogens is 208 g/mol. The molecule has 0 heterocycles. The Labute approximate surface area is 105 Å². The lowest BCUT2D eigenvalue weighted by Gasteiger charge is -2.21. The van der Waals surface area contributed by atoms with E-state index in [0.717, 1.165) is 12.3 Å². The molecule has 1 saturated carbocycles. The van der Waals surface area contributed by atoms with Gasteiger partial charge in [-0.25, -0.2) is 0 Å². The summed E-state index contributed by atoms with van der Waals surface area (Å²) in [6, 6.07) is 7.68. The number of benzene rings is 1. The van der Waals surface area contributed by atoms with Gasteiger partial charge in [0.05, 0.1) is 0 Å². The van der Waals surface area contributed by atoms with Crippen LogP contribution >= 0.6 is 0 Å². The van der Waals surface area contributed by atoms with E-state index in [1.165, 1.54) is 56.9 Å². The van der Waals surface area contributed by atoms with Gasteiger partial charge in [-0.2, -0.15) is 0 Å². The Balaban J connectivity index is 1.62. The van der Waals surface area contributed by atoms with Gasteiger partial charge in [-0.3, -0.25) is 0 Å². The minimum absolute atomic E-state index is 0.398. The fourth-order valence-electron chi connectivity index (χ4n) is 2.95. The molecule has 1 nitrogen and oxygen atoms in total. The molecule has 1 fully saturated rings. The minimum atomic E-state index is 0.398.